The van der Waals surface area contributed by atoms with Gasteiger partial charge in [0.05, 0.1) is 6.61 Å². The summed E-state index contributed by atoms with van der Waals surface area (Å²) in [6.07, 6.45) is 72.0. The highest BCUT2D eigenvalue weighted by molar-refractivity contribution is 5.70. The van der Waals surface area contributed by atoms with Crippen molar-refractivity contribution in [2.75, 3.05) is 13.2 Å². The number of esters is 2. The molecule has 0 saturated carbocycles. The van der Waals surface area contributed by atoms with Crippen molar-refractivity contribution < 1.29 is 24.2 Å². The zero-order chi connectivity index (χ0) is 44.9. The third-order valence-electron chi connectivity index (χ3n) is 11.5. The fraction of sp³-hybridized carbons (Fsp3) is 0.754. The third-order valence-corrected chi connectivity index (χ3v) is 11.5. The quantitative estimate of drug-likeness (QED) is 0.0375. The molecule has 62 heavy (non-hydrogen) atoms. The summed E-state index contributed by atoms with van der Waals surface area (Å²) in [4.78, 5) is 24.2. The lowest BCUT2D eigenvalue weighted by Gasteiger charge is -2.15. The first-order chi connectivity index (χ1) is 30.6. The Morgan fingerprint density at radius 2 is 0.694 bits per heavy atom. The minimum atomic E-state index is -0.766. The molecule has 0 spiro atoms. The van der Waals surface area contributed by atoms with Crippen LogP contribution in [0, 0.1) is 0 Å². The van der Waals surface area contributed by atoms with E-state index in [-0.39, 0.29) is 25.2 Å². The molecule has 1 N–H and O–H groups in total. The Bertz CT molecular complexity index is 1110. The highest BCUT2D eigenvalue weighted by Gasteiger charge is 2.16. The molecule has 1 unspecified atom stereocenters. The average Bonchev–Trinajstić information content (AvgIpc) is 3.28. The van der Waals surface area contributed by atoms with Crippen LogP contribution >= 0.6 is 0 Å². The second-order valence-corrected chi connectivity index (χ2v) is 17.6. The fourth-order valence-electron chi connectivity index (χ4n) is 7.56. The van der Waals surface area contributed by atoms with Gasteiger partial charge in [0.25, 0.3) is 0 Å². The second-order valence-electron chi connectivity index (χ2n) is 17.6. The van der Waals surface area contributed by atoms with Gasteiger partial charge in [0.15, 0.2) is 6.10 Å². The van der Waals surface area contributed by atoms with E-state index in [1.807, 2.05) is 0 Å². The van der Waals surface area contributed by atoms with Crippen LogP contribution in [0.2, 0.25) is 0 Å². The average molecular weight is 865 g/mol. The molecular weight excluding hydrogens is 765 g/mol. The Morgan fingerprint density at radius 3 is 1.05 bits per heavy atom. The third kappa shape index (κ3) is 50.0. The SMILES string of the molecule is CC/C=C\C/C=C\C/C=C\C/C=C\C/C=C\C/C=C\CCCCCCCCCCCCCCCCCCCCCCCCC(=O)OC(CO)COC(=O)CCCCCCCCC. The van der Waals surface area contributed by atoms with Crippen molar-refractivity contribution in [3.05, 3.63) is 72.9 Å². The van der Waals surface area contributed by atoms with Crippen molar-refractivity contribution in [2.45, 2.75) is 264 Å². The first kappa shape index (κ1) is 59.3. The lowest BCUT2D eigenvalue weighted by Crippen LogP contribution is -2.28. The molecule has 0 aliphatic heterocycles. The molecule has 0 aliphatic carbocycles. The highest BCUT2D eigenvalue weighted by Crippen LogP contribution is 2.16. The van der Waals surface area contributed by atoms with Crippen molar-refractivity contribution in [1.29, 1.82) is 0 Å². The van der Waals surface area contributed by atoms with Crippen LogP contribution in [0.5, 0.6) is 0 Å². The molecule has 0 rings (SSSR count). The number of rotatable bonds is 48. The van der Waals surface area contributed by atoms with Gasteiger partial charge in [0, 0.05) is 12.8 Å². The summed E-state index contributed by atoms with van der Waals surface area (Å²) in [6, 6.07) is 0. The molecule has 0 saturated heterocycles. The Balaban J connectivity index is 3.38. The molecule has 0 aromatic rings. The van der Waals surface area contributed by atoms with Gasteiger partial charge in [-0.1, -0.05) is 254 Å². The molecule has 0 aromatic heterocycles. The number of hydrogen-bond donors (Lipinski definition) is 1. The van der Waals surface area contributed by atoms with Crippen LogP contribution < -0.4 is 0 Å². The van der Waals surface area contributed by atoms with Crippen LogP contribution in [0.25, 0.3) is 0 Å². The molecule has 0 aliphatic rings. The van der Waals surface area contributed by atoms with E-state index in [4.69, 9.17) is 9.47 Å². The van der Waals surface area contributed by atoms with Crippen molar-refractivity contribution in [3.63, 3.8) is 0 Å². The molecule has 358 valence electrons. The van der Waals surface area contributed by atoms with E-state index in [1.165, 1.54) is 154 Å². The molecule has 5 nitrogen and oxygen atoms in total. The number of aliphatic hydroxyl groups is 1. The van der Waals surface area contributed by atoms with E-state index in [0.29, 0.717) is 12.8 Å². The summed E-state index contributed by atoms with van der Waals surface area (Å²) in [5.74, 6) is -0.589. The number of unbranched alkanes of at least 4 members (excludes halogenated alkanes) is 28. The van der Waals surface area contributed by atoms with E-state index < -0.39 is 6.10 Å². The Kier molecular flexibility index (Phi) is 50.4. The van der Waals surface area contributed by atoms with Crippen molar-refractivity contribution in [3.8, 4) is 0 Å². The number of allylic oxidation sites excluding steroid dienone is 12. The van der Waals surface area contributed by atoms with Crippen LogP contribution in [0.4, 0.5) is 0 Å². The maximum absolute atomic E-state index is 12.2. The van der Waals surface area contributed by atoms with Crippen LogP contribution in [-0.2, 0) is 19.1 Å². The zero-order valence-electron chi connectivity index (χ0n) is 40.9. The number of ether oxygens (including phenoxy) is 2. The van der Waals surface area contributed by atoms with Gasteiger partial charge in [-0.2, -0.15) is 0 Å². The van der Waals surface area contributed by atoms with E-state index in [1.54, 1.807) is 0 Å². The minimum absolute atomic E-state index is 0.0628. The number of carbonyl (C=O) groups is 2. The largest absolute Gasteiger partial charge is 0.462 e. The van der Waals surface area contributed by atoms with E-state index in [0.717, 1.165) is 77.0 Å². The predicted molar refractivity (Wildman–Crippen MR) is 270 cm³/mol. The predicted octanol–water partition coefficient (Wildman–Crippen LogP) is 17.6. The van der Waals surface area contributed by atoms with Gasteiger partial charge in [-0.05, 0) is 64.2 Å². The van der Waals surface area contributed by atoms with E-state index in [2.05, 4.69) is 86.8 Å². The second kappa shape index (κ2) is 52.7. The molecule has 0 radical (unpaired) electrons. The highest BCUT2D eigenvalue weighted by atomic mass is 16.6. The monoisotopic (exact) mass is 865 g/mol. The lowest BCUT2D eigenvalue weighted by atomic mass is 10.0. The summed E-state index contributed by atoms with van der Waals surface area (Å²) >= 11 is 0. The summed E-state index contributed by atoms with van der Waals surface area (Å²) in [6.45, 7) is 3.99. The Morgan fingerprint density at radius 1 is 0.387 bits per heavy atom. The van der Waals surface area contributed by atoms with Gasteiger partial charge in [-0.25, -0.2) is 0 Å². The summed E-state index contributed by atoms with van der Waals surface area (Å²) in [7, 11) is 0. The number of hydrogen-bond acceptors (Lipinski definition) is 5. The maximum atomic E-state index is 12.2. The fourth-order valence-corrected chi connectivity index (χ4v) is 7.56. The number of aliphatic hydroxyl groups excluding tert-OH is 1. The van der Waals surface area contributed by atoms with Crippen LogP contribution in [0.1, 0.15) is 258 Å². The van der Waals surface area contributed by atoms with Crippen LogP contribution in [0.15, 0.2) is 72.9 Å². The summed E-state index contributed by atoms with van der Waals surface area (Å²) in [5, 5.41) is 9.54. The summed E-state index contributed by atoms with van der Waals surface area (Å²) < 4.78 is 10.6. The Labute approximate surface area is 384 Å². The van der Waals surface area contributed by atoms with Gasteiger partial charge >= 0.3 is 11.9 Å². The molecule has 5 heteroatoms. The van der Waals surface area contributed by atoms with E-state index >= 15 is 0 Å². The molecule has 0 heterocycles. The maximum Gasteiger partial charge on any atom is 0.306 e. The van der Waals surface area contributed by atoms with Crippen molar-refractivity contribution in [1.82, 2.24) is 0 Å². The number of carbonyl (C=O) groups excluding carboxylic acids is 2. The standard InChI is InChI=1S/C57H100O5/c1-3-5-7-9-11-12-13-14-15-16-17-18-19-20-21-22-23-24-25-26-27-28-29-30-31-32-33-34-35-36-37-38-39-40-41-42-43-44-46-48-50-52-57(60)62-55(53-58)54-61-56(59)51-49-47-45-10-8-6-4-2/h5,7,11-12,14-15,17-18,20-21,23-24,55,58H,3-4,6,8-10,13,16,19,22,25-54H2,1-2H3/b7-5-,12-11-,15-14-,18-17-,21-20-,24-23-. The topological polar surface area (TPSA) is 72.8 Å². The molecule has 0 aromatic carbocycles. The van der Waals surface area contributed by atoms with E-state index in [9.17, 15) is 14.7 Å². The molecule has 1 atom stereocenters. The van der Waals surface area contributed by atoms with Crippen LogP contribution in [0.3, 0.4) is 0 Å². The minimum Gasteiger partial charge on any atom is -0.462 e. The lowest BCUT2D eigenvalue weighted by molar-refractivity contribution is -0.161. The van der Waals surface area contributed by atoms with Gasteiger partial charge < -0.3 is 14.6 Å². The normalized spacial score (nSPS) is 12.8. The van der Waals surface area contributed by atoms with Gasteiger partial charge in [0.2, 0.25) is 0 Å². The van der Waals surface area contributed by atoms with Crippen molar-refractivity contribution >= 4 is 11.9 Å². The smallest absolute Gasteiger partial charge is 0.306 e. The van der Waals surface area contributed by atoms with Crippen LogP contribution in [-0.4, -0.2) is 36.4 Å². The first-order valence-electron chi connectivity index (χ1n) is 26.5. The zero-order valence-corrected chi connectivity index (χ0v) is 40.9. The molecular formula is C57H100O5. The molecule has 0 bridgehead atoms. The summed E-state index contributed by atoms with van der Waals surface area (Å²) in [5.41, 5.74) is 0. The first-order valence-corrected chi connectivity index (χ1v) is 26.5. The van der Waals surface area contributed by atoms with Gasteiger partial charge in [0.1, 0.15) is 6.61 Å². The Hall–Kier alpha value is -2.66. The van der Waals surface area contributed by atoms with Gasteiger partial charge in [-0.15, -0.1) is 0 Å². The molecule has 0 amide bonds. The van der Waals surface area contributed by atoms with Gasteiger partial charge in [-0.3, -0.25) is 9.59 Å². The van der Waals surface area contributed by atoms with Crippen molar-refractivity contribution in [2.24, 2.45) is 0 Å². The molecule has 0 fully saturated rings.